The molecule has 174 valence electrons. The molecule has 1 aliphatic rings. The number of rotatable bonds is 11. The Hall–Kier alpha value is -0.430. The molecule has 10 heteroatoms. The number of hydrogen-bond acceptors (Lipinski definition) is 5. The van der Waals surface area contributed by atoms with Crippen LogP contribution in [0.3, 0.4) is 0 Å². The van der Waals surface area contributed by atoms with Gasteiger partial charge in [0.15, 0.2) is 5.96 Å². The monoisotopic (exact) mass is 572 g/mol. The zero-order chi connectivity index (χ0) is 21.3. The summed E-state index contributed by atoms with van der Waals surface area (Å²) in [6.45, 7) is 8.85. The molecule has 7 nitrogen and oxygen atoms in total. The molecule has 1 heterocycles. The van der Waals surface area contributed by atoms with Crippen molar-refractivity contribution in [1.82, 2.24) is 15.4 Å². The lowest BCUT2D eigenvalue weighted by Crippen LogP contribution is -2.42. The number of hydrogen-bond donors (Lipinski definition) is 3. The summed E-state index contributed by atoms with van der Waals surface area (Å²) in [6.07, 6.45) is 5.93. The Labute approximate surface area is 202 Å². The molecule has 1 saturated carbocycles. The minimum absolute atomic E-state index is 0. The summed E-state index contributed by atoms with van der Waals surface area (Å²) < 4.78 is 33.0. The van der Waals surface area contributed by atoms with Crippen LogP contribution >= 0.6 is 35.3 Å². The maximum absolute atomic E-state index is 12.5. The lowest BCUT2D eigenvalue weighted by molar-refractivity contribution is 0.141. The van der Waals surface area contributed by atoms with Crippen molar-refractivity contribution in [3.8, 4) is 0 Å². The fraction of sp³-hybridized carbons (Fsp3) is 0.750. The van der Waals surface area contributed by atoms with Crippen LogP contribution < -0.4 is 15.4 Å². The molecule has 0 aromatic carbocycles. The van der Waals surface area contributed by atoms with E-state index in [2.05, 4.69) is 15.4 Å². The largest absolute Gasteiger partial charge is 0.385 e. The number of aliphatic imine (C=N–C) groups is 1. The summed E-state index contributed by atoms with van der Waals surface area (Å²) in [5.74, 6) is 0.734. The summed E-state index contributed by atoms with van der Waals surface area (Å²) in [7, 11) is -1.73. The first-order valence-corrected chi connectivity index (χ1v) is 12.7. The van der Waals surface area contributed by atoms with Gasteiger partial charge in [0, 0.05) is 49.6 Å². The Bertz CT molecular complexity index is 775. The minimum atomic E-state index is -3.48. The summed E-state index contributed by atoms with van der Waals surface area (Å²) in [4.78, 5) is 6.98. The second-order valence-electron chi connectivity index (χ2n) is 7.75. The van der Waals surface area contributed by atoms with Crippen LogP contribution in [0.1, 0.15) is 48.8 Å². The summed E-state index contributed by atoms with van der Waals surface area (Å²) >= 11 is 1.50. The van der Waals surface area contributed by atoms with E-state index < -0.39 is 10.0 Å². The number of sulfonamides is 1. The molecular formula is C20H37IN4O3S2. The molecule has 0 spiro atoms. The quantitative estimate of drug-likeness (QED) is 0.164. The van der Waals surface area contributed by atoms with Gasteiger partial charge in [-0.05, 0) is 51.5 Å². The van der Waals surface area contributed by atoms with Crippen molar-refractivity contribution >= 4 is 51.3 Å². The van der Waals surface area contributed by atoms with Crippen LogP contribution in [-0.4, -0.2) is 54.3 Å². The molecule has 0 radical (unpaired) electrons. The van der Waals surface area contributed by atoms with Gasteiger partial charge in [0.1, 0.15) is 0 Å². The normalized spacial score (nSPS) is 16.3. The first kappa shape index (κ1) is 27.6. The van der Waals surface area contributed by atoms with Crippen molar-refractivity contribution in [2.24, 2.45) is 10.4 Å². The standard InChI is InChI=1S/C20H36N4O3S2.HI/c1-5-21-19(23-15-20(10-13-27-4)8-6-7-9-20)22-11-12-24-29(25,26)18-14-16(2)28-17(18)3;/h14,24H,5-13,15H2,1-4H3,(H2,21,22,23);1H. The first-order chi connectivity index (χ1) is 13.8. The lowest BCUT2D eigenvalue weighted by atomic mass is 9.83. The number of ether oxygens (including phenoxy) is 1. The topological polar surface area (TPSA) is 91.8 Å². The zero-order valence-corrected chi connectivity index (χ0v) is 22.5. The van der Waals surface area contributed by atoms with Crippen molar-refractivity contribution in [2.75, 3.05) is 39.9 Å². The van der Waals surface area contributed by atoms with Crippen LogP contribution in [0.5, 0.6) is 0 Å². The van der Waals surface area contributed by atoms with Crippen molar-refractivity contribution in [1.29, 1.82) is 0 Å². The maximum Gasteiger partial charge on any atom is 0.241 e. The Kier molecular flexibility index (Phi) is 12.1. The highest BCUT2D eigenvalue weighted by atomic mass is 127. The van der Waals surface area contributed by atoms with Gasteiger partial charge in [-0.2, -0.15) is 0 Å². The highest BCUT2D eigenvalue weighted by molar-refractivity contribution is 14.0. The molecule has 1 aliphatic carbocycles. The predicted molar refractivity (Wildman–Crippen MR) is 136 cm³/mol. The molecule has 3 N–H and O–H groups in total. The number of methoxy groups -OCH3 is 1. The van der Waals surface area contributed by atoms with E-state index in [0.717, 1.165) is 41.8 Å². The van der Waals surface area contributed by atoms with Gasteiger partial charge in [-0.3, -0.25) is 4.99 Å². The smallest absolute Gasteiger partial charge is 0.241 e. The lowest BCUT2D eigenvalue weighted by Gasteiger charge is -2.27. The van der Waals surface area contributed by atoms with E-state index >= 15 is 0 Å². The third kappa shape index (κ3) is 8.25. The Morgan fingerprint density at radius 3 is 2.50 bits per heavy atom. The zero-order valence-electron chi connectivity index (χ0n) is 18.5. The van der Waals surface area contributed by atoms with E-state index in [1.165, 1.54) is 37.0 Å². The molecule has 0 amide bonds. The molecule has 1 fully saturated rings. The second-order valence-corrected chi connectivity index (χ2v) is 10.9. The molecule has 0 atom stereocenters. The highest BCUT2D eigenvalue weighted by Gasteiger charge is 2.33. The fourth-order valence-electron chi connectivity index (χ4n) is 3.84. The van der Waals surface area contributed by atoms with Gasteiger partial charge in [0.2, 0.25) is 10.0 Å². The van der Waals surface area contributed by atoms with E-state index in [1.807, 2.05) is 20.8 Å². The molecule has 2 rings (SSSR count). The second kappa shape index (κ2) is 13.2. The molecule has 30 heavy (non-hydrogen) atoms. The van der Waals surface area contributed by atoms with Crippen LogP contribution in [0, 0.1) is 19.3 Å². The fourth-order valence-corrected chi connectivity index (χ4v) is 6.42. The van der Waals surface area contributed by atoms with E-state index in [1.54, 1.807) is 13.2 Å². The van der Waals surface area contributed by atoms with Gasteiger partial charge in [-0.25, -0.2) is 13.1 Å². The Morgan fingerprint density at radius 1 is 1.23 bits per heavy atom. The van der Waals surface area contributed by atoms with Crippen molar-refractivity contribution in [3.05, 3.63) is 15.8 Å². The molecule has 0 aliphatic heterocycles. The number of aryl methyl sites for hydroxylation is 2. The van der Waals surface area contributed by atoms with Crippen LogP contribution in [0.25, 0.3) is 0 Å². The highest BCUT2D eigenvalue weighted by Crippen LogP contribution is 2.41. The minimum Gasteiger partial charge on any atom is -0.385 e. The third-order valence-electron chi connectivity index (χ3n) is 5.41. The van der Waals surface area contributed by atoms with Gasteiger partial charge in [-0.15, -0.1) is 35.3 Å². The predicted octanol–water partition coefficient (Wildman–Crippen LogP) is 3.41. The van der Waals surface area contributed by atoms with E-state index in [-0.39, 0.29) is 29.4 Å². The van der Waals surface area contributed by atoms with E-state index in [4.69, 9.17) is 9.73 Å². The van der Waals surface area contributed by atoms with Crippen LogP contribution in [0.4, 0.5) is 0 Å². The average molecular weight is 573 g/mol. The number of halogens is 1. The Morgan fingerprint density at radius 2 is 1.93 bits per heavy atom. The van der Waals surface area contributed by atoms with E-state index in [9.17, 15) is 8.42 Å². The Balaban J connectivity index is 0.00000450. The van der Waals surface area contributed by atoms with Gasteiger partial charge >= 0.3 is 0 Å². The van der Waals surface area contributed by atoms with Gasteiger partial charge in [0.05, 0.1) is 4.90 Å². The van der Waals surface area contributed by atoms with Crippen LogP contribution in [-0.2, 0) is 14.8 Å². The summed E-state index contributed by atoms with van der Waals surface area (Å²) in [5, 5.41) is 6.50. The molecule has 0 saturated heterocycles. The van der Waals surface area contributed by atoms with Crippen molar-refractivity contribution < 1.29 is 13.2 Å². The number of guanidine groups is 1. The average Bonchev–Trinajstić information content (AvgIpc) is 3.28. The summed E-state index contributed by atoms with van der Waals surface area (Å²) in [5.41, 5.74) is 0.230. The molecule has 1 aromatic heterocycles. The van der Waals surface area contributed by atoms with Crippen LogP contribution in [0.15, 0.2) is 16.0 Å². The number of nitrogens with zero attached hydrogens (tertiary/aromatic N) is 1. The van der Waals surface area contributed by atoms with Crippen LogP contribution in [0.2, 0.25) is 0 Å². The molecule has 0 bridgehead atoms. The van der Waals surface area contributed by atoms with Crippen molar-refractivity contribution in [2.45, 2.75) is 57.8 Å². The molecule has 0 unspecified atom stereocenters. The van der Waals surface area contributed by atoms with Gasteiger partial charge in [-0.1, -0.05) is 12.8 Å². The number of thiophene rings is 1. The molecule has 1 aromatic rings. The van der Waals surface area contributed by atoms with Gasteiger partial charge < -0.3 is 15.4 Å². The third-order valence-corrected chi connectivity index (χ3v) is 8.09. The maximum atomic E-state index is 12.5. The van der Waals surface area contributed by atoms with E-state index in [0.29, 0.717) is 18.0 Å². The molecular weight excluding hydrogens is 535 g/mol. The first-order valence-electron chi connectivity index (χ1n) is 10.4. The van der Waals surface area contributed by atoms with Crippen molar-refractivity contribution in [3.63, 3.8) is 0 Å². The summed E-state index contributed by atoms with van der Waals surface area (Å²) in [6, 6.07) is 1.72. The van der Waals surface area contributed by atoms with Gasteiger partial charge in [0.25, 0.3) is 0 Å². The number of nitrogens with one attached hydrogen (secondary N) is 3. The SMILES string of the molecule is CCNC(=NCC1(CCOC)CCCC1)NCCNS(=O)(=O)c1cc(C)sc1C.I.